The molecule has 2 aromatic heterocycles. The number of hydrogen-bond donors (Lipinski definition) is 1. The van der Waals surface area contributed by atoms with Crippen LogP contribution in [0.15, 0.2) is 40.8 Å². The number of nitrogens with zero attached hydrogens (tertiary/aromatic N) is 3. The first kappa shape index (κ1) is 15.1. The third kappa shape index (κ3) is 3.84. The van der Waals surface area contributed by atoms with Crippen molar-refractivity contribution in [1.82, 2.24) is 19.9 Å². The SMILES string of the molecule is CCCNC(CC)c1ccc(Sc2nccn2C)cn1. The van der Waals surface area contributed by atoms with E-state index < -0.39 is 0 Å². The van der Waals surface area contributed by atoms with Crippen LogP contribution in [0.5, 0.6) is 0 Å². The quantitative estimate of drug-likeness (QED) is 0.848. The molecule has 1 unspecified atom stereocenters. The van der Waals surface area contributed by atoms with E-state index in [1.54, 1.807) is 11.8 Å². The van der Waals surface area contributed by atoms with Gasteiger partial charge < -0.3 is 9.88 Å². The van der Waals surface area contributed by atoms with Gasteiger partial charge in [0.05, 0.1) is 5.69 Å². The van der Waals surface area contributed by atoms with Gasteiger partial charge in [-0.3, -0.25) is 4.98 Å². The van der Waals surface area contributed by atoms with Crippen LogP contribution < -0.4 is 5.32 Å². The Morgan fingerprint density at radius 3 is 2.70 bits per heavy atom. The molecule has 0 saturated carbocycles. The summed E-state index contributed by atoms with van der Waals surface area (Å²) in [7, 11) is 2.00. The van der Waals surface area contributed by atoms with E-state index in [1.165, 1.54) is 0 Å². The van der Waals surface area contributed by atoms with Gasteiger partial charge in [-0.2, -0.15) is 0 Å². The molecule has 1 N–H and O–H groups in total. The van der Waals surface area contributed by atoms with Gasteiger partial charge in [0.2, 0.25) is 0 Å². The van der Waals surface area contributed by atoms with Gasteiger partial charge in [-0.05, 0) is 31.5 Å². The maximum atomic E-state index is 4.59. The Bertz CT molecular complexity index is 521. The molecule has 0 saturated heterocycles. The Morgan fingerprint density at radius 1 is 1.30 bits per heavy atom. The molecule has 0 spiro atoms. The lowest BCUT2D eigenvalue weighted by molar-refractivity contribution is 0.507. The minimum absolute atomic E-state index is 0.349. The maximum Gasteiger partial charge on any atom is 0.172 e. The number of aryl methyl sites for hydroxylation is 1. The molecule has 0 bridgehead atoms. The summed E-state index contributed by atoms with van der Waals surface area (Å²) in [6.07, 6.45) is 7.89. The molecule has 2 rings (SSSR count). The molecule has 0 aliphatic carbocycles. The highest BCUT2D eigenvalue weighted by atomic mass is 32.2. The number of nitrogens with one attached hydrogen (secondary N) is 1. The smallest absolute Gasteiger partial charge is 0.172 e. The highest BCUT2D eigenvalue weighted by Crippen LogP contribution is 2.26. The second-order valence-electron chi connectivity index (χ2n) is 4.76. The molecule has 0 radical (unpaired) electrons. The lowest BCUT2D eigenvalue weighted by Gasteiger charge is -2.16. The summed E-state index contributed by atoms with van der Waals surface area (Å²) in [6.45, 7) is 5.40. The summed E-state index contributed by atoms with van der Waals surface area (Å²) in [4.78, 5) is 10.0. The molecule has 0 aromatic carbocycles. The maximum absolute atomic E-state index is 4.59. The Labute approximate surface area is 125 Å². The minimum Gasteiger partial charge on any atom is -0.329 e. The predicted octanol–water partition coefficient (Wildman–Crippen LogP) is 3.42. The van der Waals surface area contributed by atoms with E-state index in [0.29, 0.717) is 6.04 Å². The summed E-state index contributed by atoms with van der Waals surface area (Å²) >= 11 is 1.64. The van der Waals surface area contributed by atoms with Crippen molar-refractivity contribution in [3.8, 4) is 0 Å². The Hall–Kier alpha value is -1.33. The largest absolute Gasteiger partial charge is 0.329 e. The predicted molar refractivity (Wildman–Crippen MR) is 82.9 cm³/mol. The highest BCUT2D eigenvalue weighted by molar-refractivity contribution is 7.99. The Kier molecular flexibility index (Phi) is 5.61. The minimum atomic E-state index is 0.349. The van der Waals surface area contributed by atoms with Crippen molar-refractivity contribution in [3.05, 3.63) is 36.4 Å². The van der Waals surface area contributed by atoms with Crippen LogP contribution in [0.3, 0.4) is 0 Å². The standard InChI is InChI=1S/C15H22N4S/c1-4-8-16-13(5-2)14-7-6-12(11-18-14)20-15-17-9-10-19(15)3/h6-7,9-11,13,16H,4-5,8H2,1-3H3. The van der Waals surface area contributed by atoms with E-state index in [4.69, 9.17) is 0 Å². The van der Waals surface area contributed by atoms with Gasteiger partial charge in [0.15, 0.2) is 5.16 Å². The van der Waals surface area contributed by atoms with Gasteiger partial charge in [0.25, 0.3) is 0 Å². The van der Waals surface area contributed by atoms with Crippen LogP contribution in [-0.2, 0) is 7.05 Å². The average molecular weight is 290 g/mol. The summed E-state index contributed by atoms with van der Waals surface area (Å²) in [5.74, 6) is 0. The van der Waals surface area contributed by atoms with E-state index in [1.807, 2.05) is 30.2 Å². The van der Waals surface area contributed by atoms with Crippen LogP contribution >= 0.6 is 11.8 Å². The number of pyridine rings is 1. The molecule has 2 heterocycles. The van der Waals surface area contributed by atoms with Gasteiger partial charge in [-0.25, -0.2) is 4.98 Å². The van der Waals surface area contributed by atoms with Crippen LogP contribution in [0.4, 0.5) is 0 Å². The zero-order valence-electron chi connectivity index (χ0n) is 12.3. The molecule has 20 heavy (non-hydrogen) atoms. The number of rotatable bonds is 7. The Balaban J connectivity index is 2.03. The van der Waals surface area contributed by atoms with Crippen LogP contribution in [-0.4, -0.2) is 21.1 Å². The fourth-order valence-electron chi connectivity index (χ4n) is 1.99. The second kappa shape index (κ2) is 7.45. The molecule has 108 valence electrons. The molecule has 0 amide bonds. The van der Waals surface area contributed by atoms with E-state index in [2.05, 4.69) is 41.3 Å². The van der Waals surface area contributed by atoms with Crippen molar-refractivity contribution in [2.45, 2.75) is 42.8 Å². The van der Waals surface area contributed by atoms with Crippen LogP contribution in [0.1, 0.15) is 38.4 Å². The number of hydrogen-bond acceptors (Lipinski definition) is 4. The van der Waals surface area contributed by atoms with Gasteiger partial charge in [-0.15, -0.1) is 0 Å². The Morgan fingerprint density at radius 2 is 2.15 bits per heavy atom. The fourth-order valence-corrected chi connectivity index (χ4v) is 2.76. The zero-order chi connectivity index (χ0) is 14.4. The van der Waals surface area contributed by atoms with E-state index in [-0.39, 0.29) is 0 Å². The molecule has 5 heteroatoms. The molecule has 0 fully saturated rings. The lowest BCUT2D eigenvalue weighted by Crippen LogP contribution is -2.22. The lowest BCUT2D eigenvalue weighted by atomic mass is 10.1. The zero-order valence-corrected chi connectivity index (χ0v) is 13.2. The first-order chi connectivity index (χ1) is 9.74. The number of aromatic nitrogens is 3. The molecule has 0 aliphatic heterocycles. The summed E-state index contributed by atoms with van der Waals surface area (Å²) in [5, 5.41) is 4.51. The van der Waals surface area contributed by atoms with Gasteiger partial charge in [0, 0.05) is 36.6 Å². The van der Waals surface area contributed by atoms with Crippen molar-refractivity contribution in [2.75, 3.05) is 6.54 Å². The third-order valence-corrected chi connectivity index (χ3v) is 4.20. The first-order valence-electron chi connectivity index (χ1n) is 7.09. The molecular weight excluding hydrogens is 268 g/mol. The van der Waals surface area contributed by atoms with Gasteiger partial charge >= 0.3 is 0 Å². The van der Waals surface area contributed by atoms with E-state index in [9.17, 15) is 0 Å². The van der Waals surface area contributed by atoms with E-state index in [0.717, 1.165) is 35.1 Å². The molecule has 2 aromatic rings. The van der Waals surface area contributed by atoms with Crippen LogP contribution in [0, 0.1) is 0 Å². The normalized spacial score (nSPS) is 12.6. The average Bonchev–Trinajstić information content (AvgIpc) is 2.87. The monoisotopic (exact) mass is 290 g/mol. The van der Waals surface area contributed by atoms with Crippen molar-refractivity contribution in [3.63, 3.8) is 0 Å². The highest BCUT2D eigenvalue weighted by Gasteiger charge is 2.10. The van der Waals surface area contributed by atoms with Crippen LogP contribution in [0.25, 0.3) is 0 Å². The van der Waals surface area contributed by atoms with Crippen molar-refractivity contribution in [1.29, 1.82) is 0 Å². The summed E-state index contributed by atoms with van der Waals surface area (Å²) in [5.41, 5.74) is 1.12. The summed E-state index contributed by atoms with van der Waals surface area (Å²) in [6, 6.07) is 4.59. The number of imidazole rings is 1. The van der Waals surface area contributed by atoms with Crippen LogP contribution in [0.2, 0.25) is 0 Å². The topological polar surface area (TPSA) is 42.7 Å². The second-order valence-corrected chi connectivity index (χ2v) is 5.80. The summed E-state index contributed by atoms with van der Waals surface area (Å²) < 4.78 is 2.01. The fraction of sp³-hybridized carbons (Fsp3) is 0.467. The molecule has 1 atom stereocenters. The third-order valence-electron chi connectivity index (χ3n) is 3.15. The first-order valence-corrected chi connectivity index (χ1v) is 7.90. The van der Waals surface area contributed by atoms with Gasteiger partial charge in [-0.1, -0.05) is 25.6 Å². The van der Waals surface area contributed by atoms with Crippen molar-refractivity contribution in [2.24, 2.45) is 7.05 Å². The van der Waals surface area contributed by atoms with E-state index >= 15 is 0 Å². The molecular formula is C15H22N4S. The molecule has 0 aliphatic rings. The van der Waals surface area contributed by atoms with Crippen molar-refractivity contribution < 1.29 is 0 Å². The van der Waals surface area contributed by atoms with Crippen molar-refractivity contribution >= 4 is 11.8 Å². The van der Waals surface area contributed by atoms with Gasteiger partial charge in [0.1, 0.15) is 0 Å². The molecule has 4 nitrogen and oxygen atoms in total.